The summed E-state index contributed by atoms with van der Waals surface area (Å²) in [5.41, 5.74) is 5.43. The van der Waals surface area contributed by atoms with Gasteiger partial charge >= 0.3 is 0 Å². The zero-order chi connectivity index (χ0) is 16.5. The van der Waals surface area contributed by atoms with Crippen molar-refractivity contribution in [1.82, 2.24) is 4.90 Å². The van der Waals surface area contributed by atoms with Crippen LogP contribution in [0.2, 0.25) is 0 Å². The van der Waals surface area contributed by atoms with E-state index in [1.165, 1.54) is 22.3 Å². The van der Waals surface area contributed by atoms with Crippen LogP contribution in [0.3, 0.4) is 0 Å². The number of nitrogens with zero attached hydrogens (tertiary/aromatic N) is 1. The van der Waals surface area contributed by atoms with Gasteiger partial charge in [0, 0.05) is 18.7 Å². The van der Waals surface area contributed by atoms with Gasteiger partial charge in [0.25, 0.3) is 0 Å². The van der Waals surface area contributed by atoms with Crippen molar-refractivity contribution in [1.29, 1.82) is 0 Å². The van der Waals surface area contributed by atoms with E-state index in [4.69, 9.17) is 14.2 Å². The van der Waals surface area contributed by atoms with Crippen molar-refractivity contribution in [3.63, 3.8) is 0 Å². The molecule has 0 spiro atoms. The summed E-state index contributed by atoms with van der Waals surface area (Å²) in [5.74, 6) is 2.75. The molecule has 24 heavy (non-hydrogen) atoms. The van der Waals surface area contributed by atoms with Crippen molar-refractivity contribution >= 4 is 0 Å². The quantitative estimate of drug-likeness (QED) is 0.806. The summed E-state index contributed by atoms with van der Waals surface area (Å²) in [6, 6.07) is 10.7. The van der Waals surface area contributed by atoms with Crippen molar-refractivity contribution in [3.05, 3.63) is 52.6 Å². The van der Waals surface area contributed by atoms with Crippen LogP contribution in [-0.4, -0.2) is 32.4 Å². The first-order valence-corrected chi connectivity index (χ1v) is 8.49. The Morgan fingerprint density at radius 2 is 1.79 bits per heavy atom. The molecule has 0 aromatic heterocycles. The van der Waals surface area contributed by atoms with Crippen LogP contribution in [0.15, 0.2) is 30.3 Å². The predicted octanol–water partition coefficient (Wildman–Crippen LogP) is 3.20. The molecule has 0 saturated carbocycles. The molecule has 4 heteroatoms. The molecular formula is C20H23NO3. The van der Waals surface area contributed by atoms with E-state index in [1.54, 1.807) is 7.11 Å². The fraction of sp³-hybridized carbons (Fsp3) is 0.400. The van der Waals surface area contributed by atoms with Crippen molar-refractivity contribution in [2.75, 3.05) is 27.5 Å². The highest BCUT2D eigenvalue weighted by Gasteiger charge is 2.22. The Kier molecular flexibility index (Phi) is 4.07. The van der Waals surface area contributed by atoms with Gasteiger partial charge in [-0.3, -0.25) is 0 Å². The third-order valence-corrected chi connectivity index (χ3v) is 5.01. The third kappa shape index (κ3) is 2.82. The van der Waals surface area contributed by atoms with E-state index in [0.29, 0.717) is 6.79 Å². The molecule has 4 rings (SSSR count). The number of ether oxygens (including phenoxy) is 3. The van der Waals surface area contributed by atoms with Crippen LogP contribution in [0.5, 0.6) is 17.2 Å². The number of fused-ring (bicyclic) bond motifs is 4. The number of rotatable bonds is 1. The summed E-state index contributed by atoms with van der Waals surface area (Å²) in [6.45, 7) is 2.24. The Bertz CT molecular complexity index is 757. The molecule has 0 saturated heterocycles. The molecule has 0 fully saturated rings. The van der Waals surface area contributed by atoms with Gasteiger partial charge in [-0.2, -0.15) is 0 Å². The van der Waals surface area contributed by atoms with Gasteiger partial charge in [-0.15, -0.1) is 0 Å². The molecule has 2 aliphatic rings. The van der Waals surface area contributed by atoms with Crippen LogP contribution in [0.4, 0.5) is 0 Å². The summed E-state index contributed by atoms with van der Waals surface area (Å²) < 4.78 is 16.7. The number of hydrogen-bond donors (Lipinski definition) is 0. The SMILES string of the molecule is COc1ccc2c(c1)CCc1ccc3c(c1CN(C)CC2)OCO3. The normalized spacial score (nSPS) is 17.1. The lowest BCUT2D eigenvalue weighted by Gasteiger charge is -2.23. The molecule has 0 radical (unpaired) electrons. The van der Waals surface area contributed by atoms with Crippen molar-refractivity contribution in [2.24, 2.45) is 0 Å². The van der Waals surface area contributed by atoms with Gasteiger partial charge < -0.3 is 19.1 Å². The first-order valence-electron chi connectivity index (χ1n) is 8.49. The number of hydrogen-bond acceptors (Lipinski definition) is 4. The molecule has 2 aromatic rings. The predicted molar refractivity (Wildman–Crippen MR) is 93.0 cm³/mol. The lowest BCUT2D eigenvalue weighted by molar-refractivity contribution is 0.172. The van der Waals surface area contributed by atoms with E-state index in [2.05, 4.69) is 36.2 Å². The van der Waals surface area contributed by atoms with Gasteiger partial charge in [0.15, 0.2) is 11.5 Å². The zero-order valence-corrected chi connectivity index (χ0v) is 14.3. The first-order chi connectivity index (χ1) is 11.7. The average Bonchev–Trinajstić information content (AvgIpc) is 3.08. The number of methoxy groups -OCH3 is 1. The minimum Gasteiger partial charge on any atom is -0.497 e. The van der Waals surface area contributed by atoms with Gasteiger partial charge in [0.05, 0.1) is 7.11 Å². The van der Waals surface area contributed by atoms with Gasteiger partial charge in [-0.1, -0.05) is 12.1 Å². The Hall–Kier alpha value is -2.20. The largest absolute Gasteiger partial charge is 0.497 e. The minimum atomic E-state index is 0.329. The molecule has 0 aliphatic carbocycles. The Labute approximate surface area is 142 Å². The molecule has 126 valence electrons. The topological polar surface area (TPSA) is 30.9 Å². The highest BCUT2D eigenvalue weighted by atomic mass is 16.7. The fourth-order valence-electron chi connectivity index (χ4n) is 3.61. The molecule has 0 N–H and O–H groups in total. The molecule has 2 aliphatic heterocycles. The fourth-order valence-corrected chi connectivity index (χ4v) is 3.61. The molecular weight excluding hydrogens is 302 g/mol. The van der Waals surface area contributed by atoms with Crippen molar-refractivity contribution < 1.29 is 14.2 Å². The van der Waals surface area contributed by atoms with Crippen LogP contribution in [-0.2, 0) is 25.8 Å². The van der Waals surface area contributed by atoms with Crippen LogP contribution < -0.4 is 14.2 Å². The van der Waals surface area contributed by atoms with E-state index in [9.17, 15) is 0 Å². The molecule has 0 atom stereocenters. The van der Waals surface area contributed by atoms with Crippen molar-refractivity contribution in [2.45, 2.75) is 25.8 Å². The van der Waals surface area contributed by atoms with E-state index < -0.39 is 0 Å². The molecule has 0 bridgehead atoms. The van der Waals surface area contributed by atoms with Crippen LogP contribution >= 0.6 is 0 Å². The van der Waals surface area contributed by atoms with E-state index in [0.717, 1.165) is 49.6 Å². The van der Waals surface area contributed by atoms with E-state index in [1.807, 2.05) is 6.07 Å². The molecule has 4 nitrogen and oxygen atoms in total. The second kappa shape index (κ2) is 6.36. The monoisotopic (exact) mass is 325 g/mol. The second-order valence-electron chi connectivity index (χ2n) is 6.56. The lowest BCUT2D eigenvalue weighted by atomic mass is 9.93. The highest BCUT2D eigenvalue weighted by molar-refractivity contribution is 5.52. The van der Waals surface area contributed by atoms with Gasteiger partial charge in [0.2, 0.25) is 6.79 Å². The Morgan fingerprint density at radius 3 is 2.67 bits per heavy atom. The molecule has 2 heterocycles. The summed E-state index contributed by atoms with van der Waals surface area (Å²) in [5, 5.41) is 0. The Morgan fingerprint density at radius 1 is 0.958 bits per heavy atom. The van der Waals surface area contributed by atoms with Crippen molar-refractivity contribution in [3.8, 4) is 17.2 Å². The standard InChI is InChI=1S/C20H23NO3/c1-21-10-9-14-5-7-17(22-2)11-16(14)4-3-15-6-8-19-20(18(15)12-21)24-13-23-19/h5-8,11H,3-4,9-10,12-13H2,1-2H3. The lowest BCUT2D eigenvalue weighted by Crippen LogP contribution is -2.23. The first kappa shape index (κ1) is 15.3. The number of likely N-dealkylation sites (N-methyl/N-ethyl adjacent to an activating group) is 1. The maximum atomic E-state index is 5.75. The maximum absolute atomic E-state index is 5.75. The van der Waals surface area contributed by atoms with Gasteiger partial charge in [-0.05, 0) is 61.2 Å². The molecule has 0 amide bonds. The number of benzene rings is 2. The maximum Gasteiger partial charge on any atom is 0.231 e. The summed E-state index contributed by atoms with van der Waals surface area (Å²) in [6.07, 6.45) is 3.07. The minimum absolute atomic E-state index is 0.329. The second-order valence-corrected chi connectivity index (χ2v) is 6.56. The van der Waals surface area contributed by atoms with Gasteiger partial charge in [-0.25, -0.2) is 0 Å². The average molecular weight is 325 g/mol. The molecule has 2 aromatic carbocycles. The number of aryl methyl sites for hydroxylation is 2. The highest BCUT2D eigenvalue weighted by Crippen LogP contribution is 2.39. The smallest absolute Gasteiger partial charge is 0.231 e. The summed E-state index contributed by atoms with van der Waals surface area (Å²) in [7, 11) is 3.90. The van der Waals surface area contributed by atoms with E-state index >= 15 is 0 Å². The zero-order valence-electron chi connectivity index (χ0n) is 14.3. The van der Waals surface area contributed by atoms with E-state index in [-0.39, 0.29) is 0 Å². The van der Waals surface area contributed by atoms with Crippen LogP contribution in [0.1, 0.15) is 22.3 Å². The van der Waals surface area contributed by atoms with Gasteiger partial charge in [0.1, 0.15) is 5.75 Å². The third-order valence-electron chi connectivity index (χ3n) is 5.01. The summed E-state index contributed by atoms with van der Waals surface area (Å²) in [4.78, 5) is 2.36. The molecule has 0 unspecified atom stereocenters. The van der Waals surface area contributed by atoms with Crippen LogP contribution in [0.25, 0.3) is 0 Å². The summed E-state index contributed by atoms with van der Waals surface area (Å²) >= 11 is 0. The Balaban J connectivity index is 1.72. The van der Waals surface area contributed by atoms with Crippen LogP contribution in [0, 0.1) is 0 Å².